The Kier molecular flexibility index (Phi) is 4.85. The van der Waals surface area contributed by atoms with E-state index < -0.39 is 25.7 Å². The van der Waals surface area contributed by atoms with Gasteiger partial charge in [0.15, 0.2) is 0 Å². The molecule has 1 unspecified atom stereocenters. The van der Waals surface area contributed by atoms with Gasteiger partial charge in [0.1, 0.15) is 5.82 Å². The lowest BCUT2D eigenvalue weighted by atomic mass is 10.1. The molecule has 8 heteroatoms. The SMILES string of the molecule is Cc1c(F)cc(C(=O)NCC2CCCO2)cc1S(=O)(=O)Cl. The fourth-order valence-corrected chi connectivity index (χ4v) is 3.36. The predicted octanol–water partition coefficient (Wildman–Crippen LogP) is 1.97. The van der Waals surface area contributed by atoms with Crippen molar-refractivity contribution in [2.24, 2.45) is 0 Å². The largest absolute Gasteiger partial charge is 0.376 e. The quantitative estimate of drug-likeness (QED) is 0.854. The summed E-state index contributed by atoms with van der Waals surface area (Å²) >= 11 is 0. The third-order valence-corrected chi connectivity index (χ3v) is 4.78. The van der Waals surface area contributed by atoms with E-state index in [0.717, 1.165) is 25.0 Å². The highest BCUT2D eigenvalue weighted by Crippen LogP contribution is 2.23. The highest BCUT2D eigenvalue weighted by atomic mass is 35.7. The number of hydrogen-bond acceptors (Lipinski definition) is 4. The minimum absolute atomic E-state index is 0.0551. The molecule has 1 aliphatic rings. The zero-order valence-corrected chi connectivity index (χ0v) is 12.9. The Labute approximate surface area is 126 Å². The first-order chi connectivity index (χ1) is 9.79. The van der Waals surface area contributed by atoms with Crippen molar-refractivity contribution >= 4 is 25.6 Å². The first kappa shape index (κ1) is 16.2. The van der Waals surface area contributed by atoms with Crippen LogP contribution in [0.3, 0.4) is 0 Å². The fourth-order valence-electron chi connectivity index (χ4n) is 2.15. The number of nitrogens with one attached hydrogen (secondary N) is 1. The zero-order chi connectivity index (χ0) is 15.6. The van der Waals surface area contributed by atoms with Crippen LogP contribution in [-0.2, 0) is 13.8 Å². The van der Waals surface area contributed by atoms with E-state index in [2.05, 4.69) is 5.32 Å². The van der Waals surface area contributed by atoms with E-state index in [0.29, 0.717) is 13.2 Å². The third kappa shape index (κ3) is 3.93. The maximum absolute atomic E-state index is 13.7. The van der Waals surface area contributed by atoms with Crippen LogP contribution < -0.4 is 5.32 Å². The molecule has 1 saturated heterocycles. The minimum Gasteiger partial charge on any atom is -0.376 e. The van der Waals surface area contributed by atoms with Crippen molar-refractivity contribution in [1.82, 2.24) is 5.32 Å². The van der Waals surface area contributed by atoms with Crippen LogP contribution in [0.15, 0.2) is 17.0 Å². The summed E-state index contributed by atoms with van der Waals surface area (Å²) in [5, 5.41) is 2.60. The number of carbonyl (C=O) groups excluding carboxylic acids is 1. The molecule has 1 aromatic rings. The Balaban J connectivity index is 2.19. The average molecular weight is 336 g/mol. The maximum Gasteiger partial charge on any atom is 0.261 e. The van der Waals surface area contributed by atoms with E-state index in [4.69, 9.17) is 15.4 Å². The van der Waals surface area contributed by atoms with Crippen molar-refractivity contribution < 1.29 is 22.3 Å². The third-order valence-electron chi connectivity index (χ3n) is 3.34. The van der Waals surface area contributed by atoms with Crippen LogP contribution in [0.2, 0.25) is 0 Å². The van der Waals surface area contributed by atoms with E-state index in [-0.39, 0.29) is 17.2 Å². The molecule has 1 N–H and O–H groups in total. The number of ether oxygens (including phenoxy) is 1. The number of benzene rings is 1. The molecule has 2 rings (SSSR count). The highest BCUT2D eigenvalue weighted by Gasteiger charge is 2.21. The molecule has 0 aromatic heterocycles. The van der Waals surface area contributed by atoms with Gasteiger partial charge in [0.2, 0.25) is 0 Å². The highest BCUT2D eigenvalue weighted by molar-refractivity contribution is 8.13. The van der Waals surface area contributed by atoms with E-state index in [1.165, 1.54) is 6.92 Å². The Morgan fingerprint density at radius 2 is 2.24 bits per heavy atom. The van der Waals surface area contributed by atoms with Gasteiger partial charge in [0, 0.05) is 35.0 Å². The molecule has 1 aromatic carbocycles. The molecule has 0 saturated carbocycles. The molecule has 0 radical (unpaired) electrons. The zero-order valence-electron chi connectivity index (χ0n) is 11.4. The van der Waals surface area contributed by atoms with Crippen molar-refractivity contribution in [3.8, 4) is 0 Å². The second kappa shape index (κ2) is 6.29. The van der Waals surface area contributed by atoms with Crippen LogP contribution in [0.25, 0.3) is 0 Å². The van der Waals surface area contributed by atoms with Gasteiger partial charge in [0.25, 0.3) is 15.0 Å². The van der Waals surface area contributed by atoms with Gasteiger partial charge in [-0.25, -0.2) is 12.8 Å². The van der Waals surface area contributed by atoms with Crippen LogP contribution >= 0.6 is 10.7 Å². The van der Waals surface area contributed by atoms with Gasteiger partial charge in [-0.1, -0.05) is 0 Å². The summed E-state index contributed by atoms with van der Waals surface area (Å²) in [6.07, 6.45) is 1.73. The van der Waals surface area contributed by atoms with Crippen LogP contribution in [-0.4, -0.2) is 33.6 Å². The molecule has 1 aliphatic heterocycles. The minimum atomic E-state index is -4.12. The lowest BCUT2D eigenvalue weighted by molar-refractivity contribution is 0.0857. The summed E-state index contributed by atoms with van der Waals surface area (Å²) in [5.74, 6) is -1.36. The van der Waals surface area contributed by atoms with E-state index in [1.807, 2.05) is 0 Å². The number of amides is 1. The molecule has 0 spiro atoms. The molecule has 5 nitrogen and oxygen atoms in total. The second-order valence-corrected chi connectivity index (χ2v) is 7.40. The molecule has 21 heavy (non-hydrogen) atoms. The molecule has 1 heterocycles. The number of hydrogen-bond donors (Lipinski definition) is 1. The molecule has 0 aliphatic carbocycles. The summed E-state index contributed by atoms with van der Waals surface area (Å²) in [5.41, 5.74) is -0.198. The van der Waals surface area contributed by atoms with Crippen LogP contribution in [0.1, 0.15) is 28.8 Å². The lowest BCUT2D eigenvalue weighted by Gasteiger charge is -2.12. The van der Waals surface area contributed by atoms with Crippen molar-refractivity contribution in [1.29, 1.82) is 0 Å². The number of rotatable bonds is 4. The molecular formula is C13H15ClFNO4S. The van der Waals surface area contributed by atoms with Gasteiger partial charge in [-0.3, -0.25) is 4.79 Å². The van der Waals surface area contributed by atoms with Crippen molar-refractivity contribution in [2.45, 2.75) is 30.8 Å². The fraction of sp³-hybridized carbons (Fsp3) is 0.462. The Bertz CT molecular complexity index is 656. The normalized spacial score (nSPS) is 18.7. The Morgan fingerprint density at radius 3 is 2.81 bits per heavy atom. The smallest absolute Gasteiger partial charge is 0.261 e. The summed E-state index contributed by atoms with van der Waals surface area (Å²) < 4.78 is 41.9. The van der Waals surface area contributed by atoms with Crippen LogP contribution in [0, 0.1) is 12.7 Å². The molecule has 1 fully saturated rings. The van der Waals surface area contributed by atoms with Gasteiger partial charge in [-0.15, -0.1) is 0 Å². The summed E-state index contributed by atoms with van der Waals surface area (Å²) in [4.78, 5) is 11.6. The molecular weight excluding hydrogens is 321 g/mol. The van der Waals surface area contributed by atoms with Gasteiger partial charge in [-0.05, 0) is 31.9 Å². The Morgan fingerprint density at radius 1 is 1.52 bits per heavy atom. The second-order valence-electron chi connectivity index (χ2n) is 4.86. The van der Waals surface area contributed by atoms with Crippen molar-refractivity contribution in [3.05, 3.63) is 29.1 Å². The summed E-state index contributed by atoms with van der Waals surface area (Å²) in [6.45, 7) is 2.25. The van der Waals surface area contributed by atoms with E-state index in [1.54, 1.807) is 0 Å². The first-order valence-corrected chi connectivity index (χ1v) is 8.74. The molecule has 1 atom stereocenters. The standard InChI is InChI=1S/C13H15ClFNO4S/c1-8-11(15)5-9(6-12(8)21(14,18)19)13(17)16-7-10-3-2-4-20-10/h5-6,10H,2-4,7H2,1H3,(H,16,17). The topological polar surface area (TPSA) is 72.5 Å². The van der Waals surface area contributed by atoms with Crippen molar-refractivity contribution in [3.63, 3.8) is 0 Å². The monoisotopic (exact) mass is 335 g/mol. The maximum atomic E-state index is 13.7. The summed E-state index contributed by atoms with van der Waals surface area (Å²) in [6, 6.07) is 2.07. The first-order valence-electron chi connectivity index (χ1n) is 6.43. The van der Waals surface area contributed by atoms with E-state index >= 15 is 0 Å². The number of carbonyl (C=O) groups is 1. The summed E-state index contributed by atoms with van der Waals surface area (Å²) in [7, 11) is 1.13. The number of halogens is 2. The molecule has 0 bridgehead atoms. The van der Waals surface area contributed by atoms with Gasteiger partial charge in [0.05, 0.1) is 11.0 Å². The van der Waals surface area contributed by atoms with Crippen molar-refractivity contribution in [2.75, 3.05) is 13.2 Å². The lowest BCUT2D eigenvalue weighted by Crippen LogP contribution is -2.32. The molecule has 116 valence electrons. The van der Waals surface area contributed by atoms with Crippen LogP contribution in [0.4, 0.5) is 4.39 Å². The van der Waals surface area contributed by atoms with E-state index in [9.17, 15) is 17.6 Å². The molecule has 1 amide bonds. The van der Waals surface area contributed by atoms with Crippen LogP contribution in [0.5, 0.6) is 0 Å². The van der Waals surface area contributed by atoms with Gasteiger partial charge in [-0.2, -0.15) is 0 Å². The average Bonchev–Trinajstić information content (AvgIpc) is 2.90. The Hall–Kier alpha value is -1.18. The van der Waals surface area contributed by atoms with Gasteiger partial charge < -0.3 is 10.1 Å². The van der Waals surface area contributed by atoms with Gasteiger partial charge >= 0.3 is 0 Å². The predicted molar refractivity (Wildman–Crippen MR) is 75.5 cm³/mol.